The van der Waals surface area contributed by atoms with E-state index in [1.807, 2.05) is 54.6 Å². The molecule has 0 aliphatic heterocycles. The number of ether oxygens (including phenoxy) is 2. The molecule has 0 aliphatic rings. The van der Waals surface area contributed by atoms with Gasteiger partial charge in [0.25, 0.3) is 5.91 Å². The van der Waals surface area contributed by atoms with E-state index >= 15 is 0 Å². The van der Waals surface area contributed by atoms with Gasteiger partial charge < -0.3 is 14.4 Å². The van der Waals surface area contributed by atoms with E-state index in [4.69, 9.17) is 9.47 Å². The van der Waals surface area contributed by atoms with Crippen LogP contribution < -0.4 is 9.47 Å². The van der Waals surface area contributed by atoms with E-state index in [0.717, 1.165) is 15.9 Å². The molecule has 27 heavy (non-hydrogen) atoms. The molecule has 0 aliphatic carbocycles. The van der Waals surface area contributed by atoms with Gasteiger partial charge in [0.2, 0.25) is 0 Å². The second kappa shape index (κ2) is 8.73. The van der Waals surface area contributed by atoms with Gasteiger partial charge in [0, 0.05) is 11.5 Å². The Morgan fingerprint density at radius 3 is 2.52 bits per heavy atom. The zero-order valence-corrected chi connectivity index (χ0v) is 16.7. The molecule has 3 rings (SSSR count). The minimum atomic E-state index is -0.221. The molecular weight excluding hydrogens is 410 g/mol. The van der Waals surface area contributed by atoms with Gasteiger partial charge in [-0.25, -0.2) is 4.68 Å². The smallest absolute Gasteiger partial charge is 0.278 e. The van der Waals surface area contributed by atoms with Crippen LogP contribution in [-0.2, 0) is 0 Å². The highest BCUT2D eigenvalue weighted by atomic mass is 79.9. The zero-order chi connectivity index (χ0) is 19.2. The number of hydrogen-bond acceptors (Lipinski definition) is 4. The van der Waals surface area contributed by atoms with E-state index in [-0.39, 0.29) is 11.6 Å². The number of rotatable bonds is 7. The van der Waals surface area contributed by atoms with Gasteiger partial charge in [-0.2, -0.15) is 5.10 Å². The number of carbonyl (C=O) groups excluding carboxylic acids is 1. The quantitative estimate of drug-likeness (QED) is 0.573. The lowest BCUT2D eigenvalue weighted by atomic mass is 10.3. The van der Waals surface area contributed by atoms with Crippen molar-refractivity contribution < 1.29 is 14.3 Å². The Morgan fingerprint density at radius 1 is 1.15 bits per heavy atom. The standard InChI is InChI=1S/C20H20BrN3O3/c1-23(12-13-27-17-10-8-15(21)9-11-17)20(25)19-18(26-2)14-24(22-19)16-6-4-3-5-7-16/h3-11,14H,12-13H2,1-2H3. The van der Waals surface area contributed by atoms with Gasteiger partial charge in [0.15, 0.2) is 11.4 Å². The monoisotopic (exact) mass is 429 g/mol. The Bertz CT molecular complexity index is 895. The molecule has 0 radical (unpaired) electrons. The number of halogens is 1. The van der Waals surface area contributed by atoms with E-state index in [1.165, 1.54) is 7.11 Å². The lowest BCUT2D eigenvalue weighted by Gasteiger charge is -2.16. The highest BCUT2D eigenvalue weighted by Gasteiger charge is 2.21. The normalized spacial score (nSPS) is 10.5. The molecular formula is C20H20BrN3O3. The maximum atomic E-state index is 12.8. The predicted molar refractivity (Wildman–Crippen MR) is 107 cm³/mol. The number of amides is 1. The van der Waals surface area contributed by atoms with Crippen LogP contribution in [0.5, 0.6) is 11.5 Å². The van der Waals surface area contributed by atoms with Crippen LogP contribution in [0.2, 0.25) is 0 Å². The van der Waals surface area contributed by atoms with Gasteiger partial charge in [-0.15, -0.1) is 0 Å². The van der Waals surface area contributed by atoms with Crippen LogP contribution in [0.1, 0.15) is 10.5 Å². The first-order chi connectivity index (χ1) is 13.1. The summed E-state index contributed by atoms with van der Waals surface area (Å²) in [4.78, 5) is 14.3. The molecule has 7 heteroatoms. The number of benzene rings is 2. The fourth-order valence-corrected chi connectivity index (χ4v) is 2.75. The largest absolute Gasteiger partial charge is 0.493 e. The molecule has 0 spiro atoms. The SMILES string of the molecule is COc1cn(-c2ccccc2)nc1C(=O)N(C)CCOc1ccc(Br)cc1. The lowest BCUT2D eigenvalue weighted by Crippen LogP contribution is -2.31. The van der Waals surface area contributed by atoms with E-state index in [9.17, 15) is 4.79 Å². The van der Waals surface area contributed by atoms with Crippen molar-refractivity contribution in [2.45, 2.75) is 0 Å². The Labute approximate surface area is 166 Å². The van der Waals surface area contributed by atoms with Crippen molar-refractivity contribution >= 4 is 21.8 Å². The number of para-hydroxylation sites is 1. The number of aromatic nitrogens is 2. The molecule has 2 aromatic carbocycles. The maximum absolute atomic E-state index is 12.8. The Balaban J connectivity index is 1.65. The van der Waals surface area contributed by atoms with Gasteiger partial charge in [0.1, 0.15) is 12.4 Å². The van der Waals surface area contributed by atoms with Crippen molar-refractivity contribution in [3.8, 4) is 17.2 Å². The molecule has 0 saturated heterocycles. The molecule has 0 fully saturated rings. The van der Waals surface area contributed by atoms with Crippen LogP contribution in [0.3, 0.4) is 0 Å². The summed E-state index contributed by atoms with van der Waals surface area (Å²) >= 11 is 3.38. The Hall–Kier alpha value is -2.80. The molecule has 6 nitrogen and oxygen atoms in total. The minimum absolute atomic E-state index is 0.221. The third kappa shape index (κ3) is 4.68. The molecule has 0 N–H and O–H groups in total. The lowest BCUT2D eigenvalue weighted by molar-refractivity contribution is 0.0764. The minimum Gasteiger partial charge on any atom is -0.493 e. The first-order valence-corrected chi connectivity index (χ1v) is 9.20. The summed E-state index contributed by atoms with van der Waals surface area (Å²) in [6.45, 7) is 0.807. The number of methoxy groups -OCH3 is 1. The van der Waals surface area contributed by atoms with Crippen molar-refractivity contribution in [2.24, 2.45) is 0 Å². The highest BCUT2D eigenvalue weighted by molar-refractivity contribution is 9.10. The van der Waals surface area contributed by atoms with Gasteiger partial charge >= 0.3 is 0 Å². The van der Waals surface area contributed by atoms with E-state index in [2.05, 4.69) is 21.0 Å². The van der Waals surface area contributed by atoms with Crippen LogP contribution in [0.15, 0.2) is 65.3 Å². The zero-order valence-electron chi connectivity index (χ0n) is 15.1. The summed E-state index contributed by atoms with van der Waals surface area (Å²) in [7, 11) is 3.24. The van der Waals surface area contributed by atoms with Crippen LogP contribution >= 0.6 is 15.9 Å². The molecule has 0 unspecified atom stereocenters. The van der Waals surface area contributed by atoms with Crippen molar-refractivity contribution in [2.75, 3.05) is 27.3 Å². The first kappa shape index (κ1) is 19.0. The molecule has 0 atom stereocenters. The van der Waals surface area contributed by atoms with Gasteiger partial charge in [-0.3, -0.25) is 4.79 Å². The topological polar surface area (TPSA) is 56.6 Å². The van der Waals surface area contributed by atoms with Crippen molar-refractivity contribution in [1.29, 1.82) is 0 Å². The average Bonchev–Trinajstić information content (AvgIpc) is 3.14. The summed E-state index contributed by atoms with van der Waals surface area (Å²) in [5.41, 5.74) is 1.13. The molecule has 1 aromatic heterocycles. The van der Waals surface area contributed by atoms with Crippen molar-refractivity contribution in [1.82, 2.24) is 14.7 Å². The van der Waals surface area contributed by atoms with E-state index < -0.39 is 0 Å². The summed E-state index contributed by atoms with van der Waals surface area (Å²) < 4.78 is 13.6. The fourth-order valence-electron chi connectivity index (χ4n) is 2.48. The fraction of sp³-hybridized carbons (Fsp3) is 0.200. The summed E-state index contributed by atoms with van der Waals surface area (Å²) in [5.74, 6) is 0.968. The molecule has 0 saturated carbocycles. The first-order valence-electron chi connectivity index (χ1n) is 8.41. The summed E-state index contributed by atoms with van der Waals surface area (Å²) in [6.07, 6.45) is 1.70. The summed E-state index contributed by atoms with van der Waals surface area (Å²) in [6, 6.07) is 17.1. The second-order valence-corrected chi connectivity index (χ2v) is 6.77. The van der Waals surface area contributed by atoms with Gasteiger partial charge in [-0.1, -0.05) is 34.1 Å². The molecule has 1 amide bonds. The van der Waals surface area contributed by atoms with Crippen LogP contribution in [0, 0.1) is 0 Å². The molecule has 3 aromatic rings. The van der Waals surface area contributed by atoms with Crippen LogP contribution in [-0.4, -0.2) is 47.9 Å². The van der Waals surface area contributed by atoms with E-state index in [0.29, 0.717) is 18.9 Å². The van der Waals surface area contributed by atoms with Crippen LogP contribution in [0.4, 0.5) is 0 Å². The molecule has 0 bridgehead atoms. The third-order valence-electron chi connectivity index (χ3n) is 3.98. The number of hydrogen-bond donors (Lipinski definition) is 0. The highest BCUT2D eigenvalue weighted by Crippen LogP contribution is 2.21. The van der Waals surface area contributed by atoms with E-state index in [1.54, 1.807) is 22.8 Å². The number of likely N-dealkylation sites (N-methyl/N-ethyl adjacent to an activating group) is 1. The third-order valence-corrected chi connectivity index (χ3v) is 4.51. The maximum Gasteiger partial charge on any atom is 0.278 e. The Kier molecular flexibility index (Phi) is 6.13. The number of nitrogens with zero attached hydrogens (tertiary/aromatic N) is 3. The van der Waals surface area contributed by atoms with Crippen molar-refractivity contribution in [3.63, 3.8) is 0 Å². The molecule has 1 heterocycles. The van der Waals surface area contributed by atoms with Gasteiger partial charge in [-0.05, 0) is 36.4 Å². The molecule has 140 valence electrons. The van der Waals surface area contributed by atoms with Crippen LogP contribution in [0.25, 0.3) is 5.69 Å². The predicted octanol–water partition coefficient (Wildman–Crippen LogP) is 3.79. The second-order valence-electron chi connectivity index (χ2n) is 5.86. The number of carbonyl (C=O) groups is 1. The van der Waals surface area contributed by atoms with Crippen molar-refractivity contribution in [3.05, 3.63) is 71.0 Å². The summed E-state index contributed by atoms with van der Waals surface area (Å²) in [5, 5.41) is 4.40. The van der Waals surface area contributed by atoms with Gasteiger partial charge in [0.05, 0.1) is 25.5 Å². The Morgan fingerprint density at radius 2 is 1.85 bits per heavy atom. The average molecular weight is 430 g/mol.